The van der Waals surface area contributed by atoms with E-state index >= 15 is 0 Å². The van der Waals surface area contributed by atoms with E-state index in [4.69, 9.17) is 4.74 Å². The van der Waals surface area contributed by atoms with Gasteiger partial charge >= 0.3 is 5.97 Å². The number of carbonyl (C=O) groups excluding carboxylic acids is 2. The molecule has 128 valence electrons. The molecule has 0 aromatic heterocycles. The molecule has 1 heterocycles. The van der Waals surface area contributed by atoms with Gasteiger partial charge in [0.05, 0.1) is 12.5 Å². The molecule has 2 aromatic carbocycles. The Morgan fingerprint density at radius 2 is 1.80 bits per heavy atom. The van der Waals surface area contributed by atoms with Crippen molar-refractivity contribution in [3.63, 3.8) is 0 Å². The predicted octanol–water partition coefficient (Wildman–Crippen LogP) is 4.00. The first-order valence-electron chi connectivity index (χ1n) is 8.32. The van der Waals surface area contributed by atoms with Crippen LogP contribution < -0.4 is 0 Å². The average Bonchev–Trinajstić information content (AvgIpc) is 2.61. The molecular formula is C21H21NO3. The van der Waals surface area contributed by atoms with Gasteiger partial charge in [0.1, 0.15) is 6.61 Å². The molecule has 0 radical (unpaired) electrons. The van der Waals surface area contributed by atoms with Gasteiger partial charge in [-0.3, -0.25) is 9.59 Å². The second-order valence-corrected chi connectivity index (χ2v) is 6.24. The summed E-state index contributed by atoms with van der Waals surface area (Å²) in [6.45, 7) is 3.76. The molecule has 1 atom stereocenters. The third-order valence-electron chi connectivity index (χ3n) is 4.35. The highest BCUT2D eigenvalue weighted by Crippen LogP contribution is 2.33. The Balaban J connectivity index is 1.70. The van der Waals surface area contributed by atoms with Crippen LogP contribution in [0.4, 0.5) is 0 Å². The van der Waals surface area contributed by atoms with Crippen LogP contribution in [0.15, 0.2) is 54.7 Å². The number of benzene rings is 2. The maximum Gasteiger partial charge on any atom is 0.308 e. The number of aryl methyl sites for hydroxylation is 1. The summed E-state index contributed by atoms with van der Waals surface area (Å²) < 4.78 is 5.41. The number of ether oxygens (including phenoxy) is 1. The molecule has 0 saturated heterocycles. The Hall–Kier alpha value is -2.88. The lowest BCUT2D eigenvalue weighted by molar-refractivity contribution is -0.146. The zero-order chi connectivity index (χ0) is 17.8. The zero-order valence-corrected chi connectivity index (χ0v) is 14.4. The first-order valence-corrected chi connectivity index (χ1v) is 8.32. The van der Waals surface area contributed by atoms with E-state index < -0.39 is 0 Å². The largest absolute Gasteiger partial charge is 0.461 e. The maximum absolute atomic E-state index is 12.3. The number of hydrogen-bond acceptors (Lipinski definition) is 3. The first-order chi connectivity index (χ1) is 12.0. The molecule has 0 spiro atoms. The van der Waals surface area contributed by atoms with Crippen molar-refractivity contribution in [1.82, 2.24) is 4.90 Å². The molecule has 0 saturated carbocycles. The smallest absolute Gasteiger partial charge is 0.308 e. The van der Waals surface area contributed by atoms with Crippen molar-refractivity contribution in [3.8, 4) is 0 Å². The number of esters is 1. The van der Waals surface area contributed by atoms with Gasteiger partial charge in [0.25, 0.3) is 0 Å². The van der Waals surface area contributed by atoms with E-state index in [1.165, 1.54) is 6.92 Å². The van der Waals surface area contributed by atoms with E-state index in [0.717, 1.165) is 22.3 Å². The van der Waals surface area contributed by atoms with Gasteiger partial charge in [-0.25, -0.2) is 0 Å². The monoisotopic (exact) mass is 335 g/mol. The highest BCUT2D eigenvalue weighted by Gasteiger charge is 2.28. The SMILES string of the molecule is CC(=O)N1C=Cc2ccccc2[C@H]1CC(=O)OCc1ccc(C)cc1. The highest BCUT2D eigenvalue weighted by molar-refractivity contribution is 5.80. The molecule has 4 nitrogen and oxygen atoms in total. The van der Waals surface area contributed by atoms with Crippen molar-refractivity contribution in [2.75, 3.05) is 0 Å². The van der Waals surface area contributed by atoms with Gasteiger partial charge < -0.3 is 9.64 Å². The number of hydrogen-bond donors (Lipinski definition) is 0. The fourth-order valence-electron chi connectivity index (χ4n) is 2.98. The van der Waals surface area contributed by atoms with E-state index in [0.29, 0.717) is 0 Å². The van der Waals surface area contributed by atoms with Gasteiger partial charge in [0.15, 0.2) is 0 Å². The maximum atomic E-state index is 12.3. The van der Waals surface area contributed by atoms with Crippen LogP contribution in [0.25, 0.3) is 6.08 Å². The molecule has 1 aliphatic heterocycles. The van der Waals surface area contributed by atoms with Gasteiger partial charge in [-0.2, -0.15) is 0 Å². The minimum Gasteiger partial charge on any atom is -0.461 e. The average molecular weight is 335 g/mol. The summed E-state index contributed by atoms with van der Waals surface area (Å²) in [5.74, 6) is -0.413. The lowest BCUT2D eigenvalue weighted by Gasteiger charge is -2.32. The van der Waals surface area contributed by atoms with Crippen LogP contribution in [0, 0.1) is 6.92 Å². The zero-order valence-electron chi connectivity index (χ0n) is 14.4. The van der Waals surface area contributed by atoms with Crippen molar-refractivity contribution >= 4 is 18.0 Å². The lowest BCUT2D eigenvalue weighted by atomic mass is 9.94. The van der Waals surface area contributed by atoms with E-state index in [1.54, 1.807) is 11.1 Å². The van der Waals surface area contributed by atoms with Crippen LogP contribution >= 0.6 is 0 Å². The highest BCUT2D eigenvalue weighted by atomic mass is 16.5. The van der Waals surface area contributed by atoms with E-state index in [-0.39, 0.29) is 30.9 Å². The van der Waals surface area contributed by atoms with Crippen LogP contribution in [0.3, 0.4) is 0 Å². The van der Waals surface area contributed by atoms with Crippen molar-refractivity contribution in [2.45, 2.75) is 32.9 Å². The first kappa shape index (κ1) is 17.0. The van der Waals surface area contributed by atoms with Crippen LogP contribution in [0.2, 0.25) is 0 Å². The van der Waals surface area contributed by atoms with Gasteiger partial charge in [-0.15, -0.1) is 0 Å². The minimum atomic E-state index is -0.329. The summed E-state index contributed by atoms with van der Waals surface area (Å²) in [7, 11) is 0. The fourth-order valence-corrected chi connectivity index (χ4v) is 2.98. The Kier molecular flexibility index (Phi) is 4.98. The summed E-state index contributed by atoms with van der Waals surface area (Å²) in [5.41, 5.74) is 4.10. The third kappa shape index (κ3) is 3.97. The number of nitrogens with zero attached hydrogens (tertiary/aromatic N) is 1. The molecule has 0 unspecified atom stereocenters. The van der Waals surface area contributed by atoms with E-state index in [9.17, 15) is 9.59 Å². The van der Waals surface area contributed by atoms with Crippen molar-refractivity contribution in [3.05, 3.63) is 77.0 Å². The van der Waals surface area contributed by atoms with E-state index in [2.05, 4.69) is 0 Å². The Bertz CT molecular complexity index is 808. The molecule has 0 bridgehead atoms. The number of fused-ring (bicyclic) bond motifs is 1. The second kappa shape index (κ2) is 7.34. The summed E-state index contributed by atoms with van der Waals surface area (Å²) >= 11 is 0. The summed E-state index contributed by atoms with van der Waals surface area (Å²) in [6, 6.07) is 15.3. The molecule has 0 N–H and O–H groups in total. The van der Waals surface area contributed by atoms with Crippen LogP contribution in [-0.4, -0.2) is 16.8 Å². The molecule has 0 aliphatic carbocycles. The molecule has 1 aliphatic rings. The van der Waals surface area contributed by atoms with Crippen LogP contribution in [-0.2, 0) is 20.9 Å². The van der Waals surface area contributed by atoms with Gasteiger partial charge in [-0.05, 0) is 29.7 Å². The number of amides is 1. The van der Waals surface area contributed by atoms with Gasteiger partial charge in [-0.1, -0.05) is 54.1 Å². The van der Waals surface area contributed by atoms with Crippen molar-refractivity contribution in [1.29, 1.82) is 0 Å². The van der Waals surface area contributed by atoms with Crippen LogP contribution in [0.5, 0.6) is 0 Å². The topological polar surface area (TPSA) is 46.6 Å². The summed E-state index contributed by atoms with van der Waals surface area (Å²) in [5, 5.41) is 0. The molecule has 4 heteroatoms. The fraction of sp³-hybridized carbons (Fsp3) is 0.238. The Morgan fingerprint density at radius 1 is 1.08 bits per heavy atom. The van der Waals surface area contributed by atoms with Crippen LogP contribution in [0.1, 0.15) is 41.6 Å². The van der Waals surface area contributed by atoms with E-state index in [1.807, 2.05) is 61.5 Å². The number of carbonyl (C=O) groups is 2. The molecule has 3 rings (SSSR count). The van der Waals surface area contributed by atoms with Gasteiger partial charge in [0, 0.05) is 13.1 Å². The normalized spacial score (nSPS) is 15.6. The van der Waals surface area contributed by atoms with Crippen molar-refractivity contribution < 1.29 is 14.3 Å². The third-order valence-corrected chi connectivity index (χ3v) is 4.35. The summed E-state index contributed by atoms with van der Waals surface area (Å²) in [4.78, 5) is 25.9. The predicted molar refractivity (Wildman–Crippen MR) is 96.3 cm³/mol. The standard InChI is InChI=1S/C21H21NO3/c1-15-7-9-17(10-8-15)14-25-21(24)13-20-19-6-4-3-5-18(19)11-12-22(20)16(2)23/h3-12,20H,13-14H2,1-2H3/t20-/m1/s1. The molecule has 25 heavy (non-hydrogen) atoms. The van der Waals surface area contributed by atoms with Gasteiger partial charge in [0.2, 0.25) is 5.91 Å². The summed E-state index contributed by atoms with van der Waals surface area (Å²) in [6.07, 6.45) is 3.76. The molecule has 2 aromatic rings. The second-order valence-electron chi connectivity index (χ2n) is 6.24. The molecule has 0 fully saturated rings. The molecular weight excluding hydrogens is 314 g/mol. The Labute approximate surface area is 147 Å². The lowest BCUT2D eigenvalue weighted by Crippen LogP contribution is -2.32. The quantitative estimate of drug-likeness (QED) is 0.793. The minimum absolute atomic E-state index is 0.0953. The Morgan fingerprint density at radius 3 is 2.52 bits per heavy atom. The molecule has 1 amide bonds. The number of rotatable bonds is 4. The van der Waals surface area contributed by atoms with Crippen molar-refractivity contribution in [2.24, 2.45) is 0 Å².